The van der Waals surface area contributed by atoms with Gasteiger partial charge in [0, 0.05) is 0 Å². The number of halogens is 3. The van der Waals surface area contributed by atoms with Crippen LogP contribution in [0.2, 0.25) is 0 Å². The van der Waals surface area contributed by atoms with Crippen LogP contribution in [-0.4, -0.2) is 13.3 Å². The fourth-order valence-electron chi connectivity index (χ4n) is 0. The van der Waals surface area contributed by atoms with Gasteiger partial charge in [-0.05, 0) is 0 Å². The second-order valence-corrected chi connectivity index (χ2v) is 0.615. The van der Waals surface area contributed by atoms with Gasteiger partial charge in [-0.3, -0.25) is 0 Å². The third-order valence-electron chi connectivity index (χ3n) is 0. The lowest BCUT2D eigenvalue weighted by Crippen LogP contribution is -1.96. The molecule has 7 heavy (non-hydrogen) atoms. The molecule has 0 aliphatic heterocycles. The molecular formula is C3H5F3O. The molecule has 0 aromatic carbocycles. The lowest BCUT2D eigenvalue weighted by Gasteiger charge is -1.88. The zero-order valence-corrected chi connectivity index (χ0v) is 3.75. The van der Waals surface area contributed by atoms with Gasteiger partial charge in [0.25, 0.3) is 0 Å². The van der Waals surface area contributed by atoms with Crippen molar-refractivity contribution in [3.05, 3.63) is 6.92 Å². The Kier molecular flexibility index (Phi) is 5.54. The summed E-state index contributed by atoms with van der Waals surface area (Å²) in [5, 5.41) is 8.25. The van der Waals surface area contributed by atoms with Crippen molar-refractivity contribution in [1.82, 2.24) is 0 Å². The van der Waals surface area contributed by atoms with Crippen molar-refractivity contribution in [3.8, 4) is 0 Å². The first kappa shape index (κ1) is 9.89. The summed E-state index contributed by atoms with van der Waals surface area (Å²) in [7, 11) is 0.750. The molecule has 0 unspecified atom stereocenters. The van der Waals surface area contributed by atoms with Gasteiger partial charge in [-0.1, -0.05) is 0 Å². The fourth-order valence-corrected chi connectivity index (χ4v) is 0. The minimum absolute atomic E-state index is 0.750. The smallest absolute Gasteiger partial charge is 0.240 e. The van der Waals surface area contributed by atoms with Crippen molar-refractivity contribution in [3.63, 3.8) is 0 Å². The van der Waals surface area contributed by atoms with Crippen LogP contribution in [0.4, 0.5) is 13.2 Å². The average molecular weight is 114 g/mol. The molecule has 0 aromatic heterocycles. The van der Waals surface area contributed by atoms with Crippen LogP contribution in [0.1, 0.15) is 0 Å². The van der Waals surface area contributed by atoms with Crippen molar-refractivity contribution >= 4 is 0 Å². The number of rotatable bonds is 0. The Morgan fingerprint density at radius 1 is 1.29 bits per heavy atom. The monoisotopic (exact) mass is 114 g/mol. The van der Waals surface area contributed by atoms with E-state index in [1.54, 1.807) is 6.92 Å². The largest absolute Gasteiger partial charge is 0.389 e. The first-order valence-corrected chi connectivity index (χ1v) is 1.33. The summed E-state index contributed by atoms with van der Waals surface area (Å²) in [6, 6.07) is 0. The normalized spacial score (nSPS) is 9.43. The van der Waals surface area contributed by atoms with Gasteiger partial charge in [0.2, 0.25) is 0 Å². The first-order chi connectivity index (χ1) is 3.00. The molecule has 0 aliphatic rings. The maximum Gasteiger partial charge on any atom is 0.389 e. The summed E-state index contributed by atoms with van der Waals surface area (Å²) in [5.41, 5.74) is 0. The van der Waals surface area contributed by atoms with Crippen molar-refractivity contribution in [2.75, 3.05) is 7.11 Å². The molecule has 0 fully saturated rings. The first-order valence-electron chi connectivity index (χ1n) is 1.33. The van der Waals surface area contributed by atoms with Gasteiger partial charge in [-0.2, -0.15) is 13.2 Å². The quantitative estimate of drug-likeness (QED) is 0.454. The van der Waals surface area contributed by atoms with Crippen LogP contribution in [0.5, 0.6) is 0 Å². The number of hydrogen-bond donors (Lipinski definition) is 0. The highest BCUT2D eigenvalue weighted by molar-refractivity contribution is 4.45. The summed E-state index contributed by atoms with van der Waals surface area (Å²) in [4.78, 5) is 0. The maximum atomic E-state index is 10.2. The summed E-state index contributed by atoms with van der Waals surface area (Å²) in [6.07, 6.45) is -4.25. The molecular weight excluding hydrogens is 109 g/mol. The molecule has 4 heteroatoms. The minimum atomic E-state index is -4.25. The third kappa shape index (κ3) is 1290. The van der Waals surface area contributed by atoms with E-state index in [4.69, 9.17) is 5.11 Å². The molecule has 0 spiro atoms. The van der Waals surface area contributed by atoms with Crippen LogP contribution in [0.3, 0.4) is 0 Å². The average Bonchev–Trinajstić information content (AvgIpc) is 1.36. The van der Waals surface area contributed by atoms with Gasteiger partial charge in [0.05, 0.1) is 14.0 Å². The molecule has 1 nitrogen and oxygen atoms in total. The van der Waals surface area contributed by atoms with E-state index in [-0.39, 0.29) is 0 Å². The van der Waals surface area contributed by atoms with Gasteiger partial charge in [-0.15, -0.1) is 0 Å². The Hall–Kier alpha value is -0.250. The SMILES string of the molecule is C[O].[CH2]C(F)(F)F. The molecule has 0 saturated heterocycles. The second-order valence-electron chi connectivity index (χ2n) is 0.615. The van der Waals surface area contributed by atoms with E-state index in [0.717, 1.165) is 7.11 Å². The van der Waals surface area contributed by atoms with Crippen LogP contribution in [0.25, 0.3) is 0 Å². The van der Waals surface area contributed by atoms with Crippen molar-refractivity contribution in [2.45, 2.75) is 6.18 Å². The van der Waals surface area contributed by atoms with Crippen molar-refractivity contribution < 1.29 is 18.3 Å². The lowest BCUT2D eigenvalue weighted by atomic mass is 10.8. The highest BCUT2D eigenvalue weighted by atomic mass is 19.4. The molecule has 0 amide bonds. The summed E-state index contributed by atoms with van der Waals surface area (Å²) in [5.74, 6) is 0. The van der Waals surface area contributed by atoms with E-state index < -0.39 is 6.18 Å². The maximum absolute atomic E-state index is 10.2. The molecule has 2 radical (unpaired) electrons. The van der Waals surface area contributed by atoms with E-state index in [2.05, 4.69) is 0 Å². The molecule has 0 heterocycles. The van der Waals surface area contributed by atoms with Gasteiger partial charge < -0.3 is 0 Å². The molecule has 0 bridgehead atoms. The molecule has 0 atom stereocenters. The summed E-state index contributed by atoms with van der Waals surface area (Å²) >= 11 is 0. The Morgan fingerprint density at radius 3 is 1.29 bits per heavy atom. The standard InChI is InChI=1S/C2H2F3.CH3O/c1-2(3,4)5;1-2/h1H2;1H3. The lowest BCUT2D eigenvalue weighted by molar-refractivity contribution is -0.0829. The predicted molar refractivity (Wildman–Crippen MR) is 18.0 cm³/mol. The third-order valence-corrected chi connectivity index (χ3v) is 0. The molecule has 44 valence electrons. The highest BCUT2D eigenvalue weighted by Gasteiger charge is 2.16. The van der Waals surface area contributed by atoms with E-state index >= 15 is 0 Å². The molecule has 0 N–H and O–H groups in total. The zero-order valence-electron chi connectivity index (χ0n) is 3.75. The fraction of sp³-hybridized carbons (Fsp3) is 0.667. The Bertz CT molecular complexity index is 25.7. The van der Waals surface area contributed by atoms with Crippen LogP contribution < -0.4 is 0 Å². The Balaban J connectivity index is 0. The van der Waals surface area contributed by atoms with Crippen molar-refractivity contribution in [1.29, 1.82) is 0 Å². The molecule has 0 saturated carbocycles. The number of alkyl halides is 3. The molecule has 0 aliphatic carbocycles. The Labute approximate surface area is 39.8 Å². The Morgan fingerprint density at radius 2 is 1.29 bits per heavy atom. The number of hydrogen-bond acceptors (Lipinski definition) is 0. The zero-order chi connectivity index (χ0) is 6.50. The van der Waals surface area contributed by atoms with Gasteiger partial charge >= 0.3 is 6.18 Å². The van der Waals surface area contributed by atoms with Gasteiger partial charge in [0.1, 0.15) is 0 Å². The second kappa shape index (κ2) is 3.92. The van der Waals surface area contributed by atoms with Crippen LogP contribution in [0.15, 0.2) is 0 Å². The van der Waals surface area contributed by atoms with Crippen LogP contribution >= 0.6 is 0 Å². The highest BCUT2D eigenvalue weighted by Crippen LogP contribution is 2.09. The minimum Gasteiger partial charge on any atom is -0.240 e. The van der Waals surface area contributed by atoms with Crippen LogP contribution in [-0.2, 0) is 5.11 Å². The van der Waals surface area contributed by atoms with E-state index in [1.807, 2.05) is 0 Å². The molecule has 0 rings (SSSR count). The van der Waals surface area contributed by atoms with E-state index in [1.165, 1.54) is 0 Å². The van der Waals surface area contributed by atoms with Gasteiger partial charge in [0.15, 0.2) is 0 Å². The molecule has 0 aromatic rings. The summed E-state index contributed by atoms with van der Waals surface area (Å²) in [6.45, 7) is 1.77. The van der Waals surface area contributed by atoms with E-state index in [0.29, 0.717) is 0 Å². The van der Waals surface area contributed by atoms with Crippen LogP contribution in [0, 0.1) is 6.92 Å². The summed E-state index contributed by atoms with van der Waals surface area (Å²) < 4.78 is 30.7. The predicted octanol–water partition coefficient (Wildman–Crippen LogP) is 1.43. The van der Waals surface area contributed by atoms with Gasteiger partial charge in [-0.25, -0.2) is 5.11 Å². The topological polar surface area (TPSA) is 19.9 Å². The van der Waals surface area contributed by atoms with Crippen molar-refractivity contribution in [2.24, 2.45) is 0 Å². The van der Waals surface area contributed by atoms with E-state index in [9.17, 15) is 13.2 Å².